The van der Waals surface area contributed by atoms with Crippen molar-refractivity contribution < 1.29 is 18.8 Å². The first-order chi connectivity index (χ1) is 12.7. The molecular formula is C18H22N4O4. The number of carbonyl (C=O) groups is 1. The van der Waals surface area contributed by atoms with Crippen molar-refractivity contribution in [1.29, 1.82) is 0 Å². The number of benzene rings is 1. The molecule has 1 atom stereocenters. The van der Waals surface area contributed by atoms with Crippen molar-refractivity contribution in [3.05, 3.63) is 35.5 Å². The van der Waals surface area contributed by atoms with Gasteiger partial charge in [-0.2, -0.15) is 4.98 Å². The first kappa shape index (κ1) is 16.8. The average Bonchev–Trinajstić information content (AvgIpc) is 3.37. The number of aromatic nitrogens is 2. The zero-order valence-corrected chi connectivity index (χ0v) is 14.7. The molecule has 1 N–H and O–H groups in total. The lowest BCUT2D eigenvalue weighted by atomic mass is 10.0. The molecule has 0 radical (unpaired) electrons. The Labute approximate surface area is 151 Å². The van der Waals surface area contributed by atoms with E-state index in [2.05, 4.69) is 20.4 Å². The van der Waals surface area contributed by atoms with Gasteiger partial charge in [0.25, 0.3) is 0 Å². The van der Waals surface area contributed by atoms with Gasteiger partial charge in [0.1, 0.15) is 0 Å². The predicted octanol–water partition coefficient (Wildman–Crippen LogP) is 1.60. The fourth-order valence-corrected chi connectivity index (χ4v) is 3.46. The third-order valence-electron chi connectivity index (χ3n) is 4.74. The molecule has 2 aromatic rings. The van der Waals surface area contributed by atoms with Crippen LogP contribution in [0.25, 0.3) is 0 Å². The Balaban J connectivity index is 1.44. The van der Waals surface area contributed by atoms with Crippen LogP contribution in [0.3, 0.4) is 0 Å². The molecule has 0 bridgehead atoms. The summed E-state index contributed by atoms with van der Waals surface area (Å²) in [6, 6.07) is 6.10. The quantitative estimate of drug-likeness (QED) is 0.839. The van der Waals surface area contributed by atoms with Crippen molar-refractivity contribution >= 4 is 5.91 Å². The van der Waals surface area contributed by atoms with Crippen LogP contribution in [0.4, 0.5) is 0 Å². The van der Waals surface area contributed by atoms with Crippen LogP contribution in [0.15, 0.2) is 22.7 Å². The number of nitrogens with zero attached hydrogens (tertiary/aromatic N) is 3. The summed E-state index contributed by atoms with van der Waals surface area (Å²) >= 11 is 0. The summed E-state index contributed by atoms with van der Waals surface area (Å²) in [5, 5.41) is 6.78. The minimum absolute atomic E-state index is 0.1000. The maximum atomic E-state index is 12.3. The van der Waals surface area contributed by atoms with E-state index in [4.69, 9.17) is 14.0 Å². The third kappa shape index (κ3) is 3.65. The zero-order chi connectivity index (χ0) is 17.9. The molecule has 26 heavy (non-hydrogen) atoms. The fourth-order valence-electron chi connectivity index (χ4n) is 3.46. The Morgan fingerprint density at radius 3 is 2.85 bits per heavy atom. The van der Waals surface area contributed by atoms with Gasteiger partial charge in [-0.05, 0) is 43.6 Å². The molecule has 138 valence electrons. The van der Waals surface area contributed by atoms with Gasteiger partial charge < -0.3 is 19.3 Å². The standard InChI is InChI=1S/C18H22N4O4/c1-12-20-17(21-26-12)9-18(23)19-10-14(22-6-2-3-7-22)13-4-5-15-16(8-13)25-11-24-15/h4-5,8,14H,2-3,6-7,9-11H2,1H3,(H,19,23). The second-order valence-corrected chi connectivity index (χ2v) is 6.58. The number of hydrogen-bond donors (Lipinski definition) is 1. The summed E-state index contributed by atoms with van der Waals surface area (Å²) in [6.45, 7) is 4.54. The minimum Gasteiger partial charge on any atom is -0.454 e. The van der Waals surface area contributed by atoms with Crippen LogP contribution in [0, 0.1) is 6.92 Å². The van der Waals surface area contributed by atoms with E-state index in [1.807, 2.05) is 18.2 Å². The second kappa shape index (κ2) is 7.33. The van der Waals surface area contributed by atoms with Crippen LogP contribution < -0.4 is 14.8 Å². The van der Waals surface area contributed by atoms with Gasteiger partial charge in [-0.3, -0.25) is 9.69 Å². The second-order valence-electron chi connectivity index (χ2n) is 6.58. The molecule has 0 spiro atoms. The zero-order valence-electron chi connectivity index (χ0n) is 14.7. The number of aryl methyl sites for hydroxylation is 1. The molecule has 1 unspecified atom stereocenters. The van der Waals surface area contributed by atoms with Crippen LogP contribution in [0.2, 0.25) is 0 Å². The number of nitrogens with one attached hydrogen (secondary N) is 1. The lowest BCUT2D eigenvalue weighted by molar-refractivity contribution is -0.120. The normalized spacial score (nSPS) is 17.4. The number of rotatable bonds is 6. The molecule has 8 nitrogen and oxygen atoms in total. The van der Waals surface area contributed by atoms with E-state index in [9.17, 15) is 4.79 Å². The molecule has 1 aromatic heterocycles. The van der Waals surface area contributed by atoms with E-state index in [0.717, 1.165) is 30.2 Å². The molecule has 2 aliphatic rings. The van der Waals surface area contributed by atoms with Gasteiger partial charge in [0, 0.05) is 13.5 Å². The predicted molar refractivity (Wildman–Crippen MR) is 91.9 cm³/mol. The Bertz CT molecular complexity index is 785. The number of hydrogen-bond acceptors (Lipinski definition) is 7. The number of fused-ring (bicyclic) bond motifs is 1. The van der Waals surface area contributed by atoms with E-state index >= 15 is 0 Å². The van der Waals surface area contributed by atoms with Gasteiger partial charge in [0.05, 0.1) is 12.5 Å². The van der Waals surface area contributed by atoms with E-state index in [1.54, 1.807) is 6.92 Å². The first-order valence-corrected chi connectivity index (χ1v) is 8.88. The van der Waals surface area contributed by atoms with Crippen LogP contribution >= 0.6 is 0 Å². The summed E-state index contributed by atoms with van der Waals surface area (Å²) in [5.41, 5.74) is 1.12. The van der Waals surface area contributed by atoms with Crippen molar-refractivity contribution in [1.82, 2.24) is 20.4 Å². The van der Waals surface area contributed by atoms with Crippen LogP contribution in [-0.2, 0) is 11.2 Å². The maximum absolute atomic E-state index is 12.3. The lowest BCUT2D eigenvalue weighted by Crippen LogP contribution is -2.37. The van der Waals surface area contributed by atoms with Crippen LogP contribution in [-0.4, -0.2) is 47.4 Å². The smallest absolute Gasteiger partial charge is 0.231 e. The summed E-state index contributed by atoms with van der Waals surface area (Å²) in [7, 11) is 0. The monoisotopic (exact) mass is 358 g/mol. The molecular weight excluding hydrogens is 336 g/mol. The Hall–Kier alpha value is -2.61. The molecule has 4 rings (SSSR count). The topological polar surface area (TPSA) is 89.7 Å². The SMILES string of the molecule is Cc1nc(CC(=O)NCC(c2ccc3c(c2)OCO3)N2CCCC2)no1. The fraction of sp³-hybridized carbons (Fsp3) is 0.500. The van der Waals surface area contributed by atoms with Crippen molar-refractivity contribution in [2.45, 2.75) is 32.2 Å². The van der Waals surface area contributed by atoms with Crippen molar-refractivity contribution in [2.75, 3.05) is 26.4 Å². The third-order valence-corrected chi connectivity index (χ3v) is 4.74. The molecule has 3 heterocycles. The Morgan fingerprint density at radius 2 is 2.08 bits per heavy atom. The minimum atomic E-state index is -0.115. The van der Waals surface area contributed by atoms with E-state index in [-0.39, 0.29) is 25.2 Å². The van der Waals surface area contributed by atoms with Crippen LogP contribution in [0.5, 0.6) is 11.5 Å². The molecule has 1 amide bonds. The van der Waals surface area contributed by atoms with Gasteiger partial charge in [0.2, 0.25) is 18.6 Å². The summed E-state index contributed by atoms with van der Waals surface area (Å²) in [5.74, 6) is 2.28. The average molecular weight is 358 g/mol. The van der Waals surface area contributed by atoms with Crippen molar-refractivity contribution in [3.8, 4) is 11.5 Å². The molecule has 1 saturated heterocycles. The van der Waals surface area contributed by atoms with Gasteiger partial charge in [-0.1, -0.05) is 11.2 Å². The molecule has 8 heteroatoms. The summed E-state index contributed by atoms with van der Waals surface area (Å²) in [4.78, 5) is 18.7. The van der Waals surface area contributed by atoms with E-state index in [0.29, 0.717) is 18.3 Å². The molecule has 1 fully saturated rings. The largest absolute Gasteiger partial charge is 0.454 e. The molecule has 0 saturated carbocycles. The lowest BCUT2D eigenvalue weighted by Gasteiger charge is -2.28. The number of likely N-dealkylation sites (tertiary alicyclic amines) is 1. The highest BCUT2D eigenvalue weighted by Crippen LogP contribution is 2.36. The van der Waals surface area contributed by atoms with Gasteiger partial charge >= 0.3 is 0 Å². The van der Waals surface area contributed by atoms with Gasteiger partial charge in [-0.25, -0.2) is 0 Å². The van der Waals surface area contributed by atoms with Crippen molar-refractivity contribution in [2.24, 2.45) is 0 Å². The molecule has 1 aromatic carbocycles. The van der Waals surface area contributed by atoms with Crippen LogP contribution in [0.1, 0.15) is 36.2 Å². The Morgan fingerprint density at radius 1 is 1.27 bits per heavy atom. The highest BCUT2D eigenvalue weighted by molar-refractivity contribution is 5.77. The number of ether oxygens (including phenoxy) is 2. The number of amides is 1. The Kier molecular flexibility index (Phi) is 4.75. The van der Waals surface area contributed by atoms with Gasteiger partial charge in [0.15, 0.2) is 17.3 Å². The first-order valence-electron chi connectivity index (χ1n) is 8.88. The summed E-state index contributed by atoms with van der Waals surface area (Å²) < 4.78 is 15.8. The molecule has 2 aliphatic heterocycles. The van der Waals surface area contributed by atoms with E-state index in [1.165, 1.54) is 12.8 Å². The molecule has 0 aliphatic carbocycles. The van der Waals surface area contributed by atoms with E-state index < -0.39 is 0 Å². The summed E-state index contributed by atoms with van der Waals surface area (Å²) in [6.07, 6.45) is 2.47. The number of carbonyl (C=O) groups excluding carboxylic acids is 1. The van der Waals surface area contributed by atoms with Crippen molar-refractivity contribution in [3.63, 3.8) is 0 Å². The highest BCUT2D eigenvalue weighted by atomic mass is 16.7. The highest BCUT2D eigenvalue weighted by Gasteiger charge is 2.26. The van der Waals surface area contributed by atoms with Gasteiger partial charge in [-0.15, -0.1) is 0 Å². The maximum Gasteiger partial charge on any atom is 0.231 e.